The maximum absolute atomic E-state index is 11.0. The molecule has 0 N–H and O–H groups in total. The van der Waals surface area contributed by atoms with E-state index in [-0.39, 0.29) is 11.7 Å². The lowest BCUT2D eigenvalue weighted by Crippen LogP contribution is -2.03. The smallest absolute Gasteiger partial charge is 0.136 e. The van der Waals surface area contributed by atoms with E-state index in [0.717, 1.165) is 16.0 Å². The summed E-state index contributed by atoms with van der Waals surface area (Å²) < 4.78 is 1.04. The van der Waals surface area contributed by atoms with Crippen LogP contribution in [0.15, 0.2) is 28.7 Å². The quantitative estimate of drug-likeness (QED) is 0.508. The summed E-state index contributed by atoms with van der Waals surface area (Å²) in [6.45, 7) is 13.9. The van der Waals surface area contributed by atoms with Crippen molar-refractivity contribution in [3.8, 4) is 0 Å². The Morgan fingerprint density at radius 3 is 1.74 bits per heavy atom. The molecule has 1 aromatic carbocycles. The first kappa shape index (κ1) is 24.6. The second kappa shape index (κ2) is 16.2. The van der Waals surface area contributed by atoms with Crippen LogP contribution in [0.2, 0.25) is 0 Å². The van der Waals surface area contributed by atoms with Crippen LogP contribution in [-0.2, 0) is 4.79 Å². The Kier molecular flexibility index (Phi) is 17.4. The van der Waals surface area contributed by atoms with Crippen LogP contribution in [0.5, 0.6) is 0 Å². The number of halogens is 1. The lowest BCUT2D eigenvalue weighted by molar-refractivity contribution is -0.118. The number of rotatable bonds is 2. The molecular weight excluding hydrogens is 348 g/mol. The highest BCUT2D eigenvalue weighted by Crippen LogP contribution is 2.22. The maximum atomic E-state index is 11.0. The normalized spacial score (nSPS) is 14.8. The van der Waals surface area contributed by atoms with Gasteiger partial charge in [-0.25, -0.2) is 0 Å². The molecule has 1 aliphatic carbocycles. The Labute approximate surface area is 153 Å². The number of Topliss-reactive ketones (excluding diaryl/α,β-unsaturated/α-hetero) is 1. The molecule has 134 valence electrons. The van der Waals surface area contributed by atoms with Crippen LogP contribution in [0.4, 0.5) is 0 Å². The Hall–Kier alpha value is -0.630. The van der Waals surface area contributed by atoms with Crippen molar-refractivity contribution in [1.82, 2.24) is 0 Å². The third kappa shape index (κ3) is 12.5. The van der Waals surface area contributed by atoms with Crippen LogP contribution in [0.1, 0.15) is 92.1 Å². The van der Waals surface area contributed by atoms with E-state index in [1.54, 1.807) is 6.92 Å². The summed E-state index contributed by atoms with van der Waals surface area (Å²) >= 11 is 3.35. The molecule has 0 bridgehead atoms. The van der Waals surface area contributed by atoms with Crippen molar-refractivity contribution in [1.29, 1.82) is 0 Å². The van der Waals surface area contributed by atoms with E-state index in [2.05, 4.69) is 22.9 Å². The molecule has 1 unspecified atom stereocenters. The second-order valence-corrected chi connectivity index (χ2v) is 6.54. The number of carbonyl (C=O) groups is 1. The van der Waals surface area contributed by atoms with Gasteiger partial charge in [0.1, 0.15) is 5.78 Å². The standard InChI is InChI=1S/C10H11BrO.C7H14.2C2H6/c1-7(8(2)12)9-3-5-10(11)6-4-9;1-7-5-3-2-4-6-7;2*1-2/h3-7H,1-2H3;7H,2-6H2,1H3;2*1-2H3. The predicted molar refractivity (Wildman–Crippen MR) is 108 cm³/mol. The van der Waals surface area contributed by atoms with E-state index in [1.807, 2.05) is 58.9 Å². The average molecular weight is 385 g/mol. The summed E-state index contributed by atoms with van der Waals surface area (Å²) in [5, 5.41) is 0. The minimum Gasteiger partial charge on any atom is -0.299 e. The minimum atomic E-state index is 0.0121. The van der Waals surface area contributed by atoms with Gasteiger partial charge in [-0.2, -0.15) is 0 Å². The predicted octanol–water partition coefficient (Wildman–Crippen LogP) is 7.78. The van der Waals surface area contributed by atoms with Gasteiger partial charge in [0.2, 0.25) is 0 Å². The molecule has 2 heteroatoms. The van der Waals surface area contributed by atoms with E-state index >= 15 is 0 Å². The maximum Gasteiger partial charge on any atom is 0.136 e. The fourth-order valence-corrected chi connectivity index (χ4v) is 2.56. The van der Waals surface area contributed by atoms with E-state index in [1.165, 1.54) is 32.1 Å². The molecular formula is C21H37BrO. The highest BCUT2D eigenvalue weighted by Gasteiger charge is 2.09. The summed E-state index contributed by atoms with van der Waals surface area (Å²) in [5.41, 5.74) is 1.07. The molecule has 1 aromatic rings. The van der Waals surface area contributed by atoms with Crippen LogP contribution in [0, 0.1) is 5.92 Å². The van der Waals surface area contributed by atoms with Gasteiger partial charge in [0.15, 0.2) is 0 Å². The Balaban J connectivity index is 0. The van der Waals surface area contributed by atoms with Crippen molar-refractivity contribution < 1.29 is 4.79 Å². The van der Waals surface area contributed by atoms with Crippen molar-refractivity contribution in [2.24, 2.45) is 5.92 Å². The summed E-state index contributed by atoms with van der Waals surface area (Å²) in [4.78, 5) is 11.0. The lowest BCUT2D eigenvalue weighted by atomic mass is 9.91. The van der Waals surface area contributed by atoms with Gasteiger partial charge < -0.3 is 0 Å². The van der Waals surface area contributed by atoms with E-state index in [4.69, 9.17) is 0 Å². The highest BCUT2D eigenvalue weighted by molar-refractivity contribution is 9.10. The van der Waals surface area contributed by atoms with Crippen LogP contribution in [-0.4, -0.2) is 5.78 Å². The summed E-state index contributed by atoms with van der Waals surface area (Å²) in [7, 11) is 0. The van der Waals surface area contributed by atoms with Gasteiger partial charge in [0, 0.05) is 10.4 Å². The fraction of sp³-hybridized carbons (Fsp3) is 0.667. The molecule has 1 atom stereocenters. The summed E-state index contributed by atoms with van der Waals surface area (Å²) in [6, 6.07) is 7.84. The Morgan fingerprint density at radius 1 is 1.00 bits per heavy atom. The SMILES string of the molecule is CC.CC.CC(=O)C(C)c1ccc(Br)cc1.CC1CCCCC1. The molecule has 0 heterocycles. The molecule has 0 aliphatic heterocycles. The molecule has 0 spiro atoms. The van der Waals surface area contributed by atoms with Crippen molar-refractivity contribution >= 4 is 21.7 Å². The molecule has 23 heavy (non-hydrogen) atoms. The molecule has 0 radical (unpaired) electrons. The molecule has 0 saturated heterocycles. The minimum absolute atomic E-state index is 0.0121. The molecule has 1 aliphatic rings. The van der Waals surface area contributed by atoms with Crippen LogP contribution >= 0.6 is 15.9 Å². The Bertz CT molecular complexity index is 377. The first-order valence-corrected chi connectivity index (χ1v) is 10.1. The largest absolute Gasteiger partial charge is 0.299 e. The lowest BCUT2D eigenvalue weighted by Gasteiger charge is -2.15. The van der Waals surface area contributed by atoms with Crippen molar-refractivity contribution in [2.45, 2.75) is 86.5 Å². The zero-order valence-corrected chi connectivity index (χ0v) is 17.9. The zero-order chi connectivity index (χ0) is 18.3. The summed E-state index contributed by atoms with van der Waals surface area (Å²) in [6.07, 6.45) is 7.44. The molecule has 1 nitrogen and oxygen atoms in total. The van der Waals surface area contributed by atoms with Gasteiger partial charge in [-0.15, -0.1) is 0 Å². The Morgan fingerprint density at radius 2 is 1.43 bits per heavy atom. The number of hydrogen-bond donors (Lipinski definition) is 0. The monoisotopic (exact) mass is 384 g/mol. The molecule has 0 amide bonds. The van der Waals surface area contributed by atoms with Crippen molar-refractivity contribution in [2.75, 3.05) is 0 Å². The number of ketones is 1. The van der Waals surface area contributed by atoms with Gasteiger partial charge in [0.25, 0.3) is 0 Å². The molecule has 1 saturated carbocycles. The fourth-order valence-electron chi connectivity index (χ4n) is 2.29. The van der Waals surface area contributed by atoms with Gasteiger partial charge in [-0.05, 0) is 30.5 Å². The third-order valence-electron chi connectivity index (χ3n) is 3.87. The van der Waals surface area contributed by atoms with E-state index in [0.29, 0.717) is 0 Å². The van der Waals surface area contributed by atoms with Crippen LogP contribution in [0.3, 0.4) is 0 Å². The van der Waals surface area contributed by atoms with Crippen LogP contribution in [0.25, 0.3) is 0 Å². The molecule has 1 fully saturated rings. The van der Waals surface area contributed by atoms with Gasteiger partial charge in [0.05, 0.1) is 0 Å². The summed E-state index contributed by atoms with van der Waals surface area (Å²) in [5.74, 6) is 1.25. The third-order valence-corrected chi connectivity index (χ3v) is 4.40. The molecule has 2 rings (SSSR count). The van der Waals surface area contributed by atoms with Crippen molar-refractivity contribution in [3.63, 3.8) is 0 Å². The highest BCUT2D eigenvalue weighted by atomic mass is 79.9. The van der Waals surface area contributed by atoms with E-state index in [9.17, 15) is 4.79 Å². The number of hydrogen-bond acceptors (Lipinski definition) is 1. The average Bonchev–Trinajstić information content (AvgIpc) is 2.60. The van der Waals surface area contributed by atoms with Gasteiger partial charge >= 0.3 is 0 Å². The topological polar surface area (TPSA) is 17.1 Å². The van der Waals surface area contributed by atoms with Crippen LogP contribution < -0.4 is 0 Å². The molecule has 0 aromatic heterocycles. The van der Waals surface area contributed by atoms with E-state index < -0.39 is 0 Å². The first-order chi connectivity index (χ1) is 11.0. The van der Waals surface area contributed by atoms with Gasteiger partial charge in [-0.3, -0.25) is 4.79 Å². The number of benzene rings is 1. The second-order valence-electron chi connectivity index (χ2n) is 5.63. The van der Waals surface area contributed by atoms with Crippen molar-refractivity contribution in [3.05, 3.63) is 34.3 Å². The number of carbonyl (C=O) groups excluding carboxylic acids is 1. The van der Waals surface area contributed by atoms with Gasteiger partial charge in [-0.1, -0.05) is 102 Å². The zero-order valence-electron chi connectivity index (χ0n) is 16.3. The first-order valence-electron chi connectivity index (χ1n) is 9.26.